The second-order valence-electron chi connectivity index (χ2n) is 4.84. The first-order valence-electron chi connectivity index (χ1n) is 7.15. The van der Waals surface area contributed by atoms with Crippen LogP contribution in [-0.4, -0.2) is 49.3 Å². The number of rotatable bonds is 8. The molecule has 0 bridgehead atoms. The van der Waals surface area contributed by atoms with E-state index in [0.717, 1.165) is 14.2 Å². The van der Waals surface area contributed by atoms with E-state index in [9.17, 15) is 24.5 Å². The Morgan fingerprint density at radius 1 is 1.12 bits per heavy atom. The largest absolute Gasteiger partial charge is 0.467 e. The lowest BCUT2D eigenvalue weighted by atomic mass is 10.1. The number of carbonyl (C=O) groups is 3. The van der Waals surface area contributed by atoms with Gasteiger partial charge in [-0.1, -0.05) is 30.3 Å². The molecule has 10 nitrogen and oxygen atoms in total. The summed E-state index contributed by atoms with van der Waals surface area (Å²) in [7, 11) is 2.03. The Kier molecular flexibility index (Phi) is 7.83. The van der Waals surface area contributed by atoms with E-state index in [4.69, 9.17) is 4.74 Å². The second-order valence-corrected chi connectivity index (χ2v) is 4.84. The van der Waals surface area contributed by atoms with Gasteiger partial charge in [0.1, 0.15) is 12.6 Å². The zero-order chi connectivity index (χ0) is 18.8. The topological polar surface area (TPSA) is 134 Å². The van der Waals surface area contributed by atoms with Crippen molar-refractivity contribution in [2.75, 3.05) is 14.2 Å². The molecule has 0 aromatic heterocycles. The van der Waals surface area contributed by atoms with Crippen LogP contribution in [0.5, 0.6) is 0 Å². The molecule has 0 saturated heterocycles. The highest BCUT2D eigenvalue weighted by molar-refractivity contribution is 5.83. The molecule has 0 fully saturated rings. The maximum absolute atomic E-state index is 11.8. The number of ether oxygens (including phenoxy) is 3. The van der Waals surface area contributed by atoms with Gasteiger partial charge in [-0.25, -0.2) is 14.4 Å². The van der Waals surface area contributed by atoms with E-state index >= 15 is 0 Å². The first-order valence-corrected chi connectivity index (χ1v) is 7.15. The lowest BCUT2D eigenvalue weighted by molar-refractivity contribution is -0.511. The average Bonchev–Trinajstić information content (AvgIpc) is 2.62. The van der Waals surface area contributed by atoms with Gasteiger partial charge < -0.3 is 19.5 Å². The highest BCUT2D eigenvalue weighted by atomic mass is 16.6. The number of hydrogen-bond acceptors (Lipinski definition) is 8. The summed E-state index contributed by atoms with van der Waals surface area (Å²) in [6.07, 6.45) is -1.61. The Bertz CT molecular complexity index is 619. The molecular weight excluding hydrogens is 336 g/mol. The maximum atomic E-state index is 11.8. The lowest BCUT2D eigenvalue weighted by Gasteiger charge is -2.17. The van der Waals surface area contributed by atoms with E-state index in [1.54, 1.807) is 30.3 Å². The molecular formula is C15H18N2O8. The van der Waals surface area contributed by atoms with Crippen molar-refractivity contribution in [2.24, 2.45) is 0 Å². The third kappa shape index (κ3) is 6.45. The molecule has 1 amide bonds. The number of nitrogens with zero attached hydrogens (tertiary/aromatic N) is 1. The van der Waals surface area contributed by atoms with Crippen molar-refractivity contribution in [3.63, 3.8) is 0 Å². The smallest absolute Gasteiger partial charge is 0.408 e. The van der Waals surface area contributed by atoms with Gasteiger partial charge in [-0.15, -0.1) is 0 Å². The monoisotopic (exact) mass is 354 g/mol. The molecule has 0 heterocycles. The number of benzene rings is 1. The van der Waals surface area contributed by atoms with Crippen LogP contribution in [0.1, 0.15) is 12.0 Å². The van der Waals surface area contributed by atoms with Crippen LogP contribution in [0.2, 0.25) is 0 Å². The van der Waals surface area contributed by atoms with Gasteiger partial charge in [-0.2, -0.15) is 0 Å². The molecule has 1 N–H and O–H groups in total. The molecule has 1 unspecified atom stereocenters. The van der Waals surface area contributed by atoms with Gasteiger partial charge in [0, 0.05) is 4.92 Å². The summed E-state index contributed by atoms with van der Waals surface area (Å²) < 4.78 is 13.7. The fraction of sp³-hybridized carbons (Fsp3) is 0.400. The van der Waals surface area contributed by atoms with Crippen molar-refractivity contribution in [3.8, 4) is 0 Å². The molecule has 136 valence electrons. The summed E-state index contributed by atoms with van der Waals surface area (Å²) in [5, 5.41) is 13.1. The second kappa shape index (κ2) is 9.85. The van der Waals surface area contributed by atoms with E-state index in [1.807, 2.05) is 0 Å². The molecule has 1 aromatic carbocycles. The lowest BCUT2D eigenvalue weighted by Crippen LogP contribution is -2.47. The fourth-order valence-corrected chi connectivity index (χ4v) is 1.89. The number of nitro groups is 1. The van der Waals surface area contributed by atoms with Crippen LogP contribution < -0.4 is 5.32 Å². The van der Waals surface area contributed by atoms with Gasteiger partial charge in [0.15, 0.2) is 0 Å². The van der Waals surface area contributed by atoms with E-state index in [1.165, 1.54) is 0 Å². The first-order chi connectivity index (χ1) is 11.9. The Morgan fingerprint density at radius 3 is 2.24 bits per heavy atom. The SMILES string of the molecule is COC(=O)C(C[C@H](NC(=O)OCc1ccccc1)C(=O)OC)[N+](=O)[O-]. The van der Waals surface area contributed by atoms with Gasteiger partial charge in [0.25, 0.3) is 0 Å². The van der Waals surface area contributed by atoms with Gasteiger partial charge >= 0.3 is 24.1 Å². The summed E-state index contributed by atoms with van der Waals surface area (Å²) in [5.74, 6) is -2.09. The third-order valence-electron chi connectivity index (χ3n) is 3.18. The van der Waals surface area contributed by atoms with Crippen LogP contribution in [-0.2, 0) is 30.4 Å². The van der Waals surface area contributed by atoms with Crippen LogP contribution in [0.4, 0.5) is 4.79 Å². The van der Waals surface area contributed by atoms with Crippen molar-refractivity contribution in [1.29, 1.82) is 0 Å². The number of methoxy groups -OCH3 is 2. The number of carbonyl (C=O) groups excluding carboxylic acids is 3. The molecule has 25 heavy (non-hydrogen) atoms. The number of amides is 1. The number of nitrogens with one attached hydrogen (secondary N) is 1. The minimum Gasteiger partial charge on any atom is -0.467 e. The van der Waals surface area contributed by atoms with Gasteiger partial charge in [0.05, 0.1) is 20.6 Å². The van der Waals surface area contributed by atoms with Crippen LogP contribution in [0.3, 0.4) is 0 Å². The highest BCUT2D eigenvalue weighted by Gasteiger charge is 2.38. The van der Waals surface area contributed by atoms with Crippen molar-refractivity contribution in [2.45, 2.75) is 25.1 Å². The molecule has 10 heteroatoms. The summed E-state index contributed by atoms with van der Waals surface area (Å²) in [5.41, 5.74) is 0.713. The van der Waals surface area contributed by atoms with Crippen molar-refractivity contribution < 1.29 is 33.5 Å². The maximum Gasteiger partial charge on any atom is 0.408 e. The molecule has 0 aliphatic heterocycles. The normalized spacial score (nSPS) is 12.4. The first kappa shape index (κ1) is 19.9. The Labute approximate surface area is 143 Å². The molecule has 1 aromatic rings. The minimum atomic E-state index is -1.83. The zero-order valence-electron chi connectivity index (χ0n) is 13.7. The minimum absolute atomic E-state index is 0.0593. The Balaban J connectivity index is 2.71. The quantitative estimate of drug-likeness (QED) is 0.311. The summed E-state index contributed by atoms with van der Waals surface area (Å²) in [4.78, 5) is 45.0. The van der Waals surface area contributed by atoms with E-state index in [2.05, 4.69) is 14.8 Å². The molecule has 0 spiro atoms. The molecule has 2 atom stereocenters. The Hall–Kier alpha value is -3.17. The summed E-state index contributed by atoms with van der Waals surface area (Å²) in [6, 6.07) is 5.49. The standard InChI is InChI=1S/C15H18N2O8/c1-23-13(18)11(8-12(17(21)22)14(19)24-2)16-15(20)25-9-10-6-4-3-5-7-10/h3-7,11-12H,8-9H2,1-2H3,(H,16,20)/t11-,12?/m0/s1. The zero-order valence-corrected chi connectivity index (χ0v) is 13.7. The molecule has 0 saturated carbocycles. The van der Waals surface area contributed by atoms with E-state index in [-0.39, 0.29) is 6.61 Å². The predicted octanol–water partition coefficient (Wildman–Crippen LogP) is 0.663. The summed E-state index contributed by atoms with van der Waals surface area (Å²) >= 11 is 0. The molecule has 1 rings (SSSR count). The van der Waals surface area contributed by atoms with Crippen molar-refractivity contribution in [1.82, 2.24) is 5.32 Å². The van der Waals surface area contributed by atoms with Crippen molar-refractivity contribution >= 4 is 18.0 Å². The number of esters is 2. The van der Waals surface area contributed by atoms with Crippen LogP contribution in [0.25, 0.3) is 0 Å². The number of alkyl carbamates (subject to hydrolysis) is 1. The summed E-state index contributed by atoms with van der Waals surface area (Å²) in [6.45, 7) is -0.0593. The van der Waals surface area contributed by atoms with Gasteiger partial charge in [-0.3, -0.25) is 10.1 Å². The third-order valence-corrected chi connectivity index (χ3v) is 3.18. The van der Waals surface area contributed by atoms with Gasteiger partial charge in [-0.05, 0) is 5.56 Å². The predicted molar refractivity (Wildman–Crippen MR) is 83.0 cm³/mol. The van der Waals surface area contributed by atoms with E-state index in [0.29, 0.717) is 5.56 Å². The molecule has 0 radical (unpaired) electrons. The average molecular weight is 354 g/mol. The van der Waals surface area contributed by atoms with Gasteiger partial charge in [0.2, 0.25) is 0 Å². The van der Waals surface area contributed by atoms with Crippen molar-refractivity contribution in [3.05, 3.63) is 46.0 Å². The van der Waals surface area contributed by atoms with E-state index < -0.39 is 41.5 Å². The number of hydrogen-bond donors (Lipinski definition) is 1. The highest BCUT2D eigenvalue weighted by Crippen LogP contribution is 2.08. The van der Waals surface area contributed by atoms with Crippen LogP contribution in [0, 0.1) is 10.1 Å². The Morgan fingerprint density at radius 2 is 1.72 bits per heavy atom. The molecule has 0 aliphatic carbocycles. The van der Waals surface area contributed by atoms with Crippen LogP contribution >= 0.6 is 0 Å². The van der Waals surface area contributed by atoms with Crippen LogP contribution in [0.15, 0.2) is 30.3 Å². The molecule has 0 aliphatic rings. The fourth-order valence-electron chi connectivity index (χ4n) is 1.89.